The first-order valence-electron chi connectivity index (χ1n) is 8.28. The molecule has 0 aliphatic heterocycles. The Bertz CT molecular complexity index is 192. The third-order valence-corrected chi connectivity index (χ3v) is 8.87. The van der Waals surface area contributed by atoms with Gasteiger partial charge in [-0.1, -0.05) is 0 Å². The van der Waals surface area contributed by atoms with Crippen LogP contribution in [0, 0.1) is 0 Å². The zero-order chi connectivity index (χ0) is 14.4. The molecule has 0 aromatic carbocycles. The van der Waals surface area contributed by atoms with Crippen molar-refractivity contribution in [3.8, 4) is 0 Å². The summed E-state index contributed by atoms with van der Waals surface area (Å²) in [5.41, 5.74) is 0. The molecule has 2 heteroatoms. The second-order valence-corrected chi connectivity index (χ2v) is 10.5. The van der Waals surface area contributed by atoms with E-state index < -0.39 is 21.1 Å². The zero-order valence-corrected chi connectivity index (χ0v) is 16.2. The molecule has 19 heavy (non-hydrogen) atoms. The third-order valence-electron chi connectivity index (χ3n) is 3.83. The van der Waals surface area contributed by atoms with Crippen LogP contribution in [0.25, 0.3) is 0 Å². The van der Waals surface area contributed by atoms with Gasteiger partial charge in [0.05, 0.1) is 0 Å². The maximum atomic E-state index is 8.89. The zero-order valence-electron chi connectivity index (χ0n) is 13.4. The molecule has 1 nitrogen and oxygen atoms in total. The van der Waals surface area contributed by atoms with Gasteiger partial charge in [0.2, 0.25) is 0 Å². The van der Waals surface area contributed by atoms with Gasteiger partial charge in [0.15, 0.2) is 0 Å². The number of aliphatic hydroxyl groups excluding tert-OH is 1. The normalized spacial score (nSPS) is 12.4. The molecule has 0 fully saturated rings. The van der Waals surface area contributed by atoms with Crippen molar-refractivity contribution in [3.63, 3.8) is 0 Å². The molecule has 1 N–H and O–H groups in total. The van der Waals surface area contributed by atoms with Gasteiger partial charge >= 0.3 is 131 Å². The summed E-state index contributed by atoms with van der Waals surface area (Å²) in [6, 6.07) is 0. The number of hydrogen-bond acceptors (Lipinski definition) is 1. The van der Waals surface area contributed by atoms with Crippen LogP contribution < -0.4 is 0 Å². The van der Waals surface area contributed by atoms with Gasteiger partial charge in [-0.2, -0.15) is 0 Å². The van der Waals surface area contributed by atoms with E-state index in [0.29, 0.717) is 10.0 Å². The fourth-order valence-corrected chi connectivity index (χ4v) is 7.10. The third kappa shape index (κ3) is 9.95. The van der Waals surface area contributed by atoms with E-state index in [1.165, 1.54) is 57.8 Å². The van der Waals surface area contributed by atoms with Gasteiger partial charge in [-0.25, -0.2) is 0 Å². The molecule has 112 valence electrons. The molecule has 0 saturated carbocycles. The molecule has 0 aromatic rings. The van der Waals surface area contributed by atoms with Crippen molar-refractivity contribution in [2.75, 3.05) is 6.61 Å². The molecule has 0 aliphatic rings. The first-order chi connectivity index (χ1) is 9.24. The summed E-state index contributed by atoms with van der Waals surface area (Å²) in [6.07, 6.45) is 15.7. The van der Waals surface area contributed by atoms with Crippen LogP contribution in [0.1, 0.15) is 85.0 Å². The standard InChI is InChI=1S/C13H27.C4H7O.Sn/c1-4-7-10-13(11-8-5-2)12-9-6-3;1-2-3-4-5;/h4-12H2,1-3H3;1-2,5H,3-4H2;. The van der Waals surface area contributed by atoms with Gasteiger partial charge in [0.1, 0.15) is 0 Å². The summed E-state index contributed by atoms with van der Waals surface area (Å²) in [7, 11) is 0. The van der Waals surface area contributed by atoms with Crippen LogP contribution in [0.15, 0.2) is 10.2 Å². The number of unbranched alkanes of at least 4 members (excludes halogenated alkanes) is 3. The second kappa shape index (κ2) is 13.5. The molecule has 0 unspecified atom stereocenters. The molecule has 0 atom stereocenters. The van der Waals surface area contributed by atoms with E-state index in [1.54, 1.807) is 0 Å². The molecule has 0 aliphatic carbocycles. The Balaban J connectivity index is 4.56. The Morgan fingerprint density at radius 2 is 1.37 bits per heavy atom. The molecule has 0 amide bonds. The van der Waals surface area contributed by atoms with Crippen LogP contribution in [0.2, 0.25) is 3.43 Å². The summed E-state index contributed by atoms with van der Waals surface area (Å²) in [5, 5.41) is 8.89. The van der Waals surface area contributed by atoms with Gasteiger partial charge in [0, 0.05) is 0 Å². The minimum atomic E-state index is -0.461. The average molecular weight is 373 g/mol. The molecule has 0 saturated heterocycles. The van der Waals surface area contributed by atoms with Crippen molar-refractivity contribution < 1.29 is 5.11 Å². The molecular formula is C17H34OSn. The van der Waals surface area contributed by atoms with Gasteiger partial charge in [-0.15, -0.1) is 0 Å². The summed E-state index contributed by atoms with van der Waals surface area (Å²) >= 11 is -0.461. The van der Waals surface area contributed by atoms with Gasteiger partial charge < -0.3 is 0 Å². The quantitative estimate of drug-likeness (QED) is 0.434. The molecule has 0 rings (SSSR count). The van der Waals surface area contributed by atoms with Gasteiger partial charge in [-0.3, -0.25) is 0 Å². The monoisotopic (exact) mass is 374 g/mol. The Morgan fingerprint density at radius 1 is 0.895 bits per heavy atom. The Morgan fingerprint density at radius 3 is 1.74 bits per heavy atom. The van der Waals surface area contributed by atoms with Crippen LogP contribution in [-0.2, 0) is 0 Å². The van der Waals surface area contributed by atoms with Crippen molar-refractivity contribution in [1.29, 1.82) is 0 Å². The van der Waals surface area contributed by atoms with E-state index in [1.807, 2.05) is 0 Å². The molecule has 2 radical (unpaired) electrons. The van der Waals surface area contributed by atoms with Gasteiger partial charge in [0.25, 0.3) is 0 Å². The van der Waals surface area contributed by atoms with Crippen molar-refractivity contribution >= 4 is 21.1 Å². The first-order valence-corrected chi connectivity index (χ1v) is 11.4. The summed E-state index contributed by atoms with van der Waals surface area (Å²) < 4.78 is 3.21. The molecule has 0 spiro atoms. The van der Waals surface area contributed by atoms with Crippen LogP contribution >= 0.6 is 0 Å². The minimum absolute atomic E-state index is 0.307. The van der Waals surface area contributed by atoms with Crippen LogP contribution in [0.5, 0.6) is 0 Å². The van der Waals surface area contributed by atoms with E-state index in [-0.39, 0.29) is 0 Å². The fraction of sp³-hybridized carbons (Fsp3) is 0.882. The van der Waals surface area contributed by atoms with E-state index in [9.17, 15) is 0 Å². The summed E-state index contributed by atoms with van der Waals surface area (Å²) in [6.45, 7) is 7.26. The maximum absolute atomic E-state index is 8.89. The first kappa shape index (κ1) is 19.5. The van der Waals surface area contributed by atoms with Crippen molar-refractivity contribution in [2.24, 2.45) is 0 Å². The Hall–Kier alpha value is 0.499. The van der Waals surface area contributed by atoms with E-state index in [2.05, 4.69) is 30.9 Å². The summed E-state index contributed by atoms with van der Waals surface area (Å²) in [4.78, 5) is 0. The molecule has 0 bridgehead atoms. The fourth-order valence-electron chi connectivity index (χ4n) is 2.53. The van der Waals surface area contributed by atoms with Crippen LogP contribution in [0.4, 0.5) is 0 Å². The molecular weight excluding hydrogens is 339 g/mol. The topological polar surface area (TPSA) is 20.2 Å². The number of hydrogen-bond donors (Lipinski definition) is 1. The van der Waals surface area contributed by atoms with Crippen molar-refractivity contribution in [3.05, 3.63) is 10.2 Å². The van der Waals surface area contributed by atoms with E-state index >= 15 is 0 Å². The van der Waals surface area contributed by atoms with Gasteiger partial charge in [-0.05, 0) is 0 Å². The van der Waals surface area contributed by atoms with Crippen LogP contribution in [0.3, 0.4) is 0 Å². The Labute approximate surface area is 131 Å². The van der Waals surface area contributed by atoms with Crippen LogP contribution in [-0.4, -0.2) is 32.9 Å². The Kier molecular flexibility index (Phi) is 13.8. The average Bonchev–Trinajstić information content (AvgIpc) is 2.44. The molecule has 0 aromatic heterocycles. The van der Waals surface area contributed by atoms with Crippen molar-refractivity contribution in [2.45, 2.75) is 88.4 Å². The SMILES string of the molecule is CCCC[C](CCCC)(CCCC)[Sn]/[CH]=C/CCO. The number of rotatable bonds is 13. The van der Waals surface area contributed by atoms with E-state index in [0.717, 1.165) is 6.42 Å². The summed E-state index contributed by atoms with van der Waals surface area (Å²) in [5.74, 6) is 0. The number of aliphatic hydroxyl groups is 1. The van der Waals surface area contributed by atoms with Crippen molar-refractivity contribution in [1.82, 2.24) is 0 Å². The predicted molar refractivity (Wildman–Crippen MR) is 87.9 cm³/mol. The van der Waals surface area contributed by atoms with E-state index in [4.69, 9.17) is 5.11 Å². The predicted octanol–water partition coefficient (Wildman–Crippen LogP) is 5.32. The second-order valence-electron chi connectivity index (χ2n) is 5.65. The molecule has 0 heterocycles.